The van der Waals surface area contributed by atoms with E-state index < -0.39 is 32.0 Å². The first kappa shape index (κ1) is 9.58. The number of ether oxygens (including phenoxy) is 1. The Bertz CT molecular complexity index is 268. The number of rotatable bonds is 1. The fourth-order valence-corrected chi connectivity index (χ4v) is 3.19. The number of fused-ring (bicyclic) bond motifs is 1. The van der Waals surface area contributed by atoms with Gasteiger partial charge in [-0.05, 0) is 0 Å². The maximum absolute atomic E-state index is 11.1. The first-order valence-electron chi connectivity index (χ1n) is 3.92. The molecule has 0 bridgehead atoms. The number of hydrogen-bond donors (Lipinski definition) is 3. The molecule has 0 aliphatic carbocycles. The van der Waals surface area contributed by atoms with Gasteiger partial charge in [0.25, 0.3) is 0 Å². The van der Waals surface area contributed by atoms with E-state index in [9.17, 15) is 9.67 Å². The van der Waals surface area contributed by atoms with E-state index in [0.717, 1.165) is 0 Å². The molecule has 2 fully saturated rings. The van der Waals surface area contributed by atoms with Gasteiger partial charge >= 0.3 is 7.60 Å². The molecule has 0 radical (unpaired) electrons. The van der Waals surface area contributed by atoms with Gasteiger partial charge in [0.15, 0.2) is 0 Å². The molecule has 0 aromatic heterocycles. The molecule has 1 unspecified atom stereocenters. The van der Waals surface area contributed by atoms with Crippen LogP contribution in [0.1, 0.15) is 0 Å². The van der Waals surface area contributed by atoms with Gasteiger partial charge in [-0.1, -0.05) is 0 Å². The summed E-state index contributed by atoms with van der Waals surface area (Å²) in [6, 6.07) is 0. The first-order valence-corrected chi connectivity index (χ1v) is 5.68. The van der Waals surface area contributed by atoms with E-state index in [-0.39, 0.29) is 12.8 Å². The Kier molecular flexibility index (Phi) is 2.03. The molecule has 2 aliphatic heterocycles. The Balaban J connectivity index is 2.21. The number of hydrogen-bond acceptors (Lipinski definition) is 5. The van der Waals surface area contributed by atoms with E-state index >= 15 is 0 Å². The average Bonchev–Trinajstić information content (AvgIpc) is 2.49. The quantitative estimate of drug-likeness (QED) is 0.465. The van der Waals surface area contributed by atoms with E-state index in [1.165, 1.54) is 0 Å². The molecule has 76 valence electrons. The number of aliphatic hydroxyl groups is 2. The van der Waals surface area contributed by atoms with Crippen LogP contribution in [-0.2, 0) is 13.8 Å². The Hall–Kier alpha value is 0.0300. The minimum Gasteiger partial charge on any atom is -0.393 e. The molecule has 0 amide bonds. The summed E-state index contributed by atoms with van der Waals surface area (Å²) < 4.78 is 20.9. The van der Waals surface area contributed by atoms with Gasteiger partial charge in [-0.3, -0.25) is 9.09 Å². The lowest BCUT2D eigenvalue weighted by Gasteiger charge is -2.23. The molecule has 2 aliphatic rings. The number of aliphatic hydroxyl groups excluding tert-OH is 1. The van der Waals surface area contributed by atoms with Gasteiger partial charge < -0.3 is 19.8 Å². The van der Waals surface area contributed by atoms with Gasteiger partial charge in [0, 0.05) is 0 Å². The third-order valence-corrected chi connectivity index (χ3v) is 3.76. The summed E-state index contributed by atoms with van der Waals surface area (Å²) in [7, 11) is -3.61. The zero-order valence-corrected chi connectivity index (χ0v) is 7.68. The average molecular weight is 210 g/mol. The SMILES string of the molecule is O=P1(O)C[C@H]2OC[C@](O)(CO)[C@H]2O1. The van der Waals surface area contributed by atoms with Crippen molar-refractivity contribution in [2.45, 2.75) is 17.8 Å². The van der Waals surface area contributed by atoms with E-state index in [2.05, 4.69) is 0 Å². The predicted molar refractivity (Wildman–Crippen MR) is 41.3 cm³/mol. The van der Waals surface area contributed by atoms with E-state index in [4.69, 9.17) is 19.3 Å². The van der Waals surface area contributed by atoms with Gasteiger partial charge in [-0.2, -0.15) is 0 Å². The summed E-state index contributed by atoms with van der Waals surface area (Å²) in [5.41, 5.74) is -1.53. The second-order valence-corrected chi connectivity index (χ2v) is 5.31. The van der Waals surface area contributed by atoms with Crippen molar-refractivity contribution in [2.24, 2.45) is 0 Å². The lowest BCUT2D eigenvalue weighted by Crippen LogP contribution is -2.46. The topological polar surface area (TPSA) is 96.2 Å². The summed E-state index contributed by atoms with van der Waals surface area (Å²) in [4.78, 5) is 9.09. The zero-order chi connectivity index (χ0) is 9.69. The third kappa shape index (κ3) is 1.44. The van der Waals surface area contributed by atoms with Crippen LogP contribution in [-0.4, -0.2) is 52.3 Å². The normalized spacial score (nSPS) is 55.3. The maximum Gasteiger partial charge on any atom is 0.331 e. The molecular formula is C6H11O6P. The highest BCUT2D eigenvalue weighted by atomic mass is 31.2. The van der Waals surface area contributed by atoms with Gasteiger partial charge in [0.1, 0.15) is 11.7 Å². The molecule has 7 heteroatoms. The minimum absolute atomic E-state index is 0.0567. The van der Waals surface area contributed by atoms with E-state index in [1.54, 1.807) is 0 Å². The molecule has 2 heterocycles. The third-order valence-electron chi connectivity index (χ3n) is 2.38. The Morgan fingerprint density at radius 3 is 2.92 bits per heavy atom. The molecule has 0 spiro atoms. The molecule has 4 atom stereocenters. The Morgan fingerprint density at radius 2 is 2.31 bits per heavy atom. The van der Waals surface area contributed by atoms with Crippen LogP contribution >= 0.6 is 7.60 Å². The van der Waals surface area contributed by atoms with Crippen LogP contribution in [0.2, 0.25) is 0 Å². The van der Waals surface area contributed by atoms with Crippen molar-refractivity contribution in [1.29, 1.82) is 0 Å². The lowest BCUT2D eigenvalue weighted by atomic mass is 9.99. The second kappa shape index (κ2) is 2.76. The minimum atomic E-state index is -3.61. The maximum atomic E-state index is 11.1. The molecule has 0 aromatic rings. The smallest absolute Gasteiger partial charge is 0.331 e. The van der Waals surface area contributed by atoms with Crippen molar-refractivity contribution in [3.05, 3.63) is 0 Å². The standard InChI is InChI=1S/C6H11O6P/c7-2-6(8)3-11-4-1-13(9,10)12-5(4)6/h4-5,7-8H,1-3H2,(H,9,10)/t4-,5+,6-/m1/s1. The van der Waals surface area contributed by atoms with Crippen LogP contribution in [0.3, 0.4) is 0 Å². The fraction of sp³-hybridized carbons (Fsp3) is 1.00. The van der Waals surface area contributed by atoms with Crippen molar-refractivity contribution in [3.63, 3.8) is 0 Å². The molecule has 0 aromatic carbocycles. The summed E-state index contributed by atoms with van der Waals surface area (Å²) in [6.07, 6.45) is -1.57. The van der Waals surface area contributed by atoms with E-state index in [1.807, 2.05) is 0 Å². The van der Waals surface area contributed by atoms with Crippen LogP contribution in [0.4, 0.5) is 0 Å². The van der Waals surface area contributed by atoms with Crippen molar-refractivity contribution in [1.82, 2.24) is 0 Å². The van der Waals surface area contributed by atoms with Gasteiger partial charge in [0.2, 0.25) is 0 Å². The highest BCUT2D eigenvalue weighted by molar-refractivity contribution is 7.53. The summed E-state index contributed by atoms with van der Waals surface area (Å²) in [6.45, 7) is -0.590. The predicted octanol–water partition coefficient (Wildman–Crippen LogP) is -1.31. The van der Waals surface area contributed by atoms with Gasteiger partial charge in [-0.25, -0.2) is 0 Å². The summed E-state index contributed by atoms with van der Waals surface area (Å²) in [5, 5.41) is 18.5. The lowest BCUT2D eigenvalue weighted by molar-refractivity contribution is -0.0689. The molecule has 13 heavy (non-hydrogen) atoms. The van der Waals surface area contributed by atoms with Gasteiger partial charge in [-0.15, -0.1) is 0 Å². The Labute approximate surface area is 74.6 Å². The molecular weight excluding hydrogens is 199 g/mol. The molecule has 6 nitrogen and oxygen atoms in total. The first-order chi connectivity index (χ1) is 5.97. The summed E-state index contributed by atoms with van der Waals surface area (Å²) in [5.74, 6) is 0. The highest BCUT2D eigenvalue weighted by Crippen LogP contribution is 2.55. The van der Waals surface area contributed by atoms with Crippen molar-refractivity contribution < 1.29 is 28.9 Å². The molecule has 3 N–H and O–H groups in total. The molecule has 2 rings (SSSR count). The second-order valence-electron chi connectivity index (χ2n) is 3.46. The van der Waals surface area contributed by atoms with Crippen LogP contribution in [0.5, 0.6) is 0 Å². The highest BCUT2D eigenvalue weighted by Gasteiger charge is 2.58. The van der Waals surface area contributed by atoms with E-state index in [0.29, 0.717) is 0 Å². The zero-order valence-electron chi connectivity index (χ0n) is 6.79. The largest absolute Gasteiger partial charge is 0.393 e. The van der Waals surface area contributed by atoms with Gasteiger partial charge in [0.05, 0.1) is 25.5 Å². The fourth-order valence-electron chi connectivity index (χ4n) is 1.66. The van der Waals surface area contributed by atoms with Crippen molar-refractivity contribution >= 4 is 7.60 Å². The molecule has 2 saturated heterocycles. The summed E-state index contributed by atoms with van der Waals surface area (Å²) >= 11 is 0. The van der Waals surface area contributed by atoms with Crippen molar-refractivity contribution in [3.8, 4) is 0 Å². The molecule has 0 saturated carbocycles. The Morgan fingerprint density at radius 1 is 1.62 bits per heavy atom. The van der Waals surface area contributed by atoms with Crippen LogP contribution in [0.15, 0.2) is 0 Å². The van der Waals surface area contributed by atoms with Crippen LogP contribution < -0.4 is 0 Å². The van der Waals surface area contributed by atoms with Crippen LogP contribution in [0, 0.1) is 0 Å². The van der Waals surface area contributed by atoms with Crippen molar-refractivity contribution in [2.75, 3.05) is 19.4 Å². The monoisotopic (exact) mass is 210 g/mol. The van der Waals surface area contributed by atoms with Crippen LogP contribution in [0.25, 0.3) is 0 Å².